The van der Waals surface area contributed by atoms with Crippen molar-refractivity contribution in [1.29, 1.82) is 5.26 Å². The van der Waals surface area contributed by atoms with Gasteiger partial charge in [-0.1, -0.05) is 23.7 Å². The number of rotatable bonds is 3. The number of benzene rings is 1. The molecule has 0 amide bonds. The lowest BCUT2D eigenvalue weighted by molar-refractivity contribution is 0.414. The van der Waals surface area contributed by atoms with Gasteiger partial charge in [-0.3, -0.25) is 0 Å². The summed E-state index contributed by atoms with van der Waals surface area (Å²) in [6, 6.07) is 10.1. The third-order valence-corrected chi connectivity index (χ3v) is 3.98. The first-order valence-corrected chi connectivity index (χ1v) is 7.06. The summed E-state index contributed by atoms with van der Waals surface area (Å²) >= 11 is 6.04. The van der Waals surface area contributed by atoms with Crippen molar-refractivity contribution >= 4 is 17.3 Å². The number of halogens is 1. The summed E-state index contributed by atoms with van der Waals surface area (Å²) in [4.78, 5) is 6.27. The quantitative estimate of drug-likeness (QED) is 0.817. The van der Waals surface area contributed by atoms with Crippen molar-refractivity contribution in [3.63, 3.8) is 0 Å². The summed E-state index contributed by atoms with van der Waals surface area (Å²) in [7, 11) is 1.65. The zero-order chi connectivity index (χ0) is 14.8. The molecule has 2 heterocycles. The maximum Gasteiger partial charge on any atom is 0.148 e. The first-order chi connectivity index (χ1) is 10.2. The van der Waals surface area contributed by atoms with Crippen molar-refractivity contribution in [2.45, 2.75) is 13.0 Å². The third kappa shape index (κ3) is 2.53. The molecule has 0 spiro atoms. The lowest BCUT2D eigenvalue weighted by Gasteiger charge is -2.20. The maximum atomic E-state index is 9.32. The van der Waals surface area contributed by atoms with E-state index in [1.165, 1.54) is 5.56 Å². The number of ether oxygens (including phenoxy) is 1. The number of nitrogens with zero attached hydrogens (tertiary/aromatic N) is 3. The van der Waals surface area contributed by atoms with Gasteiger partial charge in [-0.15, -0.1) is 0 Å². The molecular weight excluding hydrogens is 286 g/mol. The van der Waals surface area contributed by atoms with Crippen LogP contribution in [0.5, 0.6) is 5.75 Å². The molecule has 21 heavy (non-hydrogen) atoms. The first-order valence-electron chi connectivity index (χ1n) is 6.68. The summed E-state index contributed by atoms with van der Waals surface area (Å²) in [5.41, 5.74) is 3.65. The van der Waals surface area contributed by atoms with Gasteiger partial charge in [-0.05, 0) is 29.7 Å². The smallest absolute Gasteiger partial charge is 0.148 e. The van der Waals surface area contributed by atoms with E-state index in [4.69, 9.17) is 16.3 Å². The standard InChI is InChI=1S/C16H14ClN3O/c1-21-13-4-2-11(3-5-13)10-20-7-6-12-9-19-16(17)14(8-18)15(12)20/h2-5,9H,6-7,10H2,1H3. The third-order valence-electron chi connectivity index (χ3n) is 3.69. The zero-order valence-electron chi connectivity index (χ0n) is 11.6. The maximum absolute atomic E-state index is 9.32. The van der Waals surface area contributed by atoms with Gasteiger partial charge < -0.3 is 9.64 Å². The van der Waals surface area contributed by atoms with Crippen LogP contribution < -0.4 is 9.64 Å². The fraction of sp³-hybridized carbons (Fsp3) is 0.250. The van der Waals surface area contributed by atoms with Crippen LogP contribution in [0.1, 0.15) is 16.7 Å². The largest absolute Gasteiger partial charge is 0.497 e. The predicted octanol–water partition coefficient (Wildman–Crippen LogP) is 3.18. The Morgan fingerprint density at radius 3 is 2.81 bits per heavy atom. The molecule has 1 aromatic carbocycles. The highest BCUT2D eigenvalue weighted by atomic mass is 35.5. The summed E-state index contributed by atoms with van der Waals surface area (Å²) < 4.78 is 5.17. The van der Waals surface area contributed by atoms with E-state index in [9.17, 15) is 5.26 Å². The fourth-order valence-corrected chi connectivity index (χ4v) is 2.82. The summed E-state index contributed by atoms with van der Waals surface area (Å²) in [6.45, 7) is 1.62. The molecule has 106 valence electrons. The minimum absolute atomic E-state index is 0.276. The number of fused-ring (bicyclic) bond motifs is 1. The second-order valence-electron chi connectivity index (χ2n) is 4.93. The van der Waals surface area contributed by atoms with Crippen molar-refractivity contribution in [3.8, 4) is 11.8 Å². The van der Waals surface area contributed by atoms with Crippen molar-refractivity contribution in [3.05, 3.63) is 52.3 Å². The Bertz CT molecular complexity index is 707. The Morgan fingerprint density at radius 2 is 2.14 bits per heavy atom. The second-order valence-corrected chi connectivity index (χ2v) is 5.29. The van der Waals surface area contributed by atoms with E-state index in [2.05, 4.69) is 16.0 Å². The lowest BCUT2D eigenvalue weighted by atomic mass is 10.1. The monoisotopic (exact) mass is 299 g/mol. The molecule has 4 nitrogen and oxygen atoms in total. The van der Waals surface area contributed by atoms with Crippen molar-refractivity contribution in [1.82, 2.24) is 4.98 Å². The highest BCUT2D eigenvalue weighted by Crippen LogP contribution is 2.35. The number of aromatic nitrogens is 1. The van der Waals surface area contributed by atoms with Gasteiger partial charge in [0, 0.05) is 19.3 Å². The molecule has 0 atom stereocenters. The average Bonchev–Trinajstić information content (AvgIpc) is 2.91. The van der Waals surface area contributed by atoms with E-state index in [0.29, 0.717) is 5.56 Å². The van der Waals surface area contributed by atoms with Crippen LogP contribution in [0.2, 0.25) is 5.15 Å². The van der Waals surface area contributed by atoms with E-state index in [-0.39, 0.29) is 5.15 Å². The molecule has 0 radical (unpaired) electrons. The molecule has 2 aromatic rings. The molecule has 0 N–H and O–H groups in total. The van der Waals surface area contributed by atoms with E-state index in [0.717, 1.165) is 36.5 Å². The molecule has 5 heteroatoms. The van der Waals surface area contributed by atoms with Crippen LogP contribution >= 0.6 is 11.6 Å². The first kappa shape index (κ1) is 13.7. The van der Waals surface area contributed by atoms with Crippen LogP contribution in [-0.4, -0.2) is 18.6 Å². The molecule has 0 saturated carbocycles. The Labute approximate surface area is 128 Å². The van der Waals surface area contributed by atoms with Crippen LogP contribution in [0.25, 0.3) is 0 Å². The van der Waals surface area contributed by atoms with Gasteiger partial charge in [0.25, 0.3) is 0 Å². The molecule has 0 unspecified atom stereocenters. The van der Waals surface area contributed by atoms with Crippen LogP contribution in [0.3, 0.4) is 0 Å². The van der Waals surface area contributed by atoms with Gasteiger partial charge in [0.1, 0.15) is 22.5 Å². The second kappa shape index (κ2) is 5.63. The van der Waals surface area contributed by atoms with Gasteiger partial charge in [0.2, 0.25) is 0 Å². The Hall–Kier alpha value is -2.25. The SMILES string of the molecule is COc1ccc(CN2CCc3cnc(Cl)c(C#N)c32)cc1. The molecule has 1 aliphatic heterocycles. The molecule has 0 bridgehead atoms. The highest BCUT2D eigenvalue weighted by Gasteiger charge is 2.25. The Kier molecular flexibility index (Phi) is 3.68. The number of pyridine rings is 1. The van der Waals surface area contributed by atoms with Crippen LogP contribution in [0, 0.1) is 11.3 Å². The predicted molar refractivity (Wildman–Crippen MR) is 81.7 cm³/mol. The minimum Gasteiger partial charge on any atom is -0.497 e. The topological polar surface area (TPSA) is 49.1 Å². The number of methoxy groups -OCH3 is 1. The van der Waals surface area contributed by atoms with E-state index in [1.54, 1.807) is 13.3 Å². The molecule has 0 fully saturated rings. The van der Waals surface area contributed by atoms with Crippen molar-refractivity contribution in [2.24, 2.45) is 0 Å². The Morgan fingerprint density at radius 1 is 1.38 bits per heavy atom. The molecule has 1 aliphatic rings. The molecule has 0 saturated heterocycles. The van der Waals surface area contributed by atoms with Gasteiger partial charge in [0.15, 0.2) is 0 Å². The molecule has 1 aromatic heterocycles. The van der Waals surface area contributed by atoms with Crippen LogP contribution in [0.4, 0.5) is 5.69 Å². The van der Waals surface area contributed by atoms with Crippen LogP contribution in [-0.2, 0) is 13.0 Å². The number of anilines is 1. The fourth-order valence-electron chi connectivity index (χ4n) is 2.64. The number of hydrogen-bond donors (Lipinski definition) is 0. The minimum atomic E-state index is 0.276. The van der Waals surface area contributed by atoms with Gasteiger partial charge in [-0.2, -0.15) is 5.26 Å². The molecule has 0 aliphatic carbocycles. The zero-order valence-corrected chi connectivity index (χ0v) is 12.4. The van der Waals surface area contributed by atoms with Crippen molar-refractivity contribution < 1.29 is 4.74 Å². The van der Waals surface area contributed by atoms with E-state index < -0.39 is 0 Å². The van der Waals surface area contributed by atoms with Crippen LogP contribution in [0.15, 0.2) is 30.5 Å². The van der Waals surface area contributed by atoms with Gasteiger partial charge >= 0.3 is 0 Å². The van der Waals surface area contributed by atoms with Gasteiger partial charge in [0.05, 0.1) is 12.8 Å². The van der Waals surface area contributed by atoms with E-state index in [1.807, 2.05) is 24.3 Å². The normalized spacial score (nSPS) is 12.9. The average molecular weight is 300 g/mol. The van der Waals surface area contributed by atoms with E-state index >= 15 is 0 Å². The summed E-state index contributed by atoms with van der Waals surface area (Å²) in [6.07, 6.45) is 2.66. The number of hydrogen-bond acceptors (Lipinski definition) is 4. The summed E-state index contributed by atoms with van der Waals surface area (Å²) in [5.74, 6) is 0.838. The summed E-state index contributed by atoms with van der Waals surface area (Å²) in [5, 5.41) is 9.59. The van der Waals surface area contributed by atoms with Gasteiger partial charge in [-0.25, -0.2) is 4.98 Å². The molecular formula is C16H14ClN3O. The Balaban J connectivity index is 1.90. The highest BCUT2D eigenvalue weighted by molar-refractivity contribution is 6.31. The van der Waals surface area contributed by atoms with Crippen molar-refractivity contribution in [2.75, 3.05) is 18.6 Å². The number of nitriles is 1. The lowest BCUT2D eigenvalue weighted by Crippen LogP contribution is -2.20. The molecule has 3 rings (SSSR count).